The van der Waals surface area contributed by atoms with Crippen molar-refractivity contribution >= 4 is 25.9 Å². The Morgan fingerprint density at radius 2 is 2.00 bits per heavy atom. The lowest BCUT2D eigenvalue weighted by Crippen LogP contribution is -2.64. The van der Waals surface area contributed by atoms with Crippen molar-refractivity contribution in [1.82, 2.24) is 0 Å². The molecule has 0 spiro atoms. The molecule has 1 aliphatic heterocycles. The summed E-state index contributed by atoms with van der Waals surface area (Å²) in [5.74, 6) is -0.0598. The van der Waals surface area contributed by atoms with E-state index in [2.05, 4.69) is 50.8 Å². The van der Waals surface area contributed by atoms with Crippen molar-refractivity contribution in [1.29, 1.82) is 5.26 Å². The number of hydrogen-bond donors (Lipinski definition) is 0. The fourth-order valence-corrected chi connectivity index (χ4v) is 10.5. The number of benzene rings is 1. The highest BCUT2D eigenvalue weighted by Gasteiger charge is 2.68. The molecule has 5 rings (SSSR count). The zero-order valence-electron chi connectivity index (χ0n) is 22.8. The van der Waals surface area contributed by atoms with Crippen LogP contribution in [0.25, 0.3) is 0 Å². The van der Waals surface area contributed by atoms with Crippen LogP contribution in [0.3, 0.4) is 0 Å². The number of ether oxygens (including phenoxy) is 2. The molecular formula is C30H41NO4SSi. The molecule has 1 saturated heterocycles. The Morgan fingerprint density at radius 1 is 1.22 bits per heavy atom. The van der Waals surface area contributed by atoms with Crippen LogP contribution in [0.5, 0.6) is 0 Å². The van der Waals surface area contributed by atoms with E-state index in [1.54, 1.807) is 11.8 Å². The van der Waals surface area contributed by atoms with Crippen molar-refractivity contribution in [2.75, 3.05) is 13.4 Å². The number of nitrogens with zero attached hydrogens (tertiary/aromatic N) is 1. The van der Waals surface area contributed by atoms with Gasteiger partial charge in [0.15, 0.2) is 14.1 Å². The summed E-state index contributed by atoms with van der Waals surface area (Å²) in [6.45, 7) is 9.84. The fourth-order valence-electron chi connectivity index (χ4n) is 7.62. The van der Waals surface area contributed by atoms with Gasteiger partial charge in [0, 0.05) is 16.2 Å². The molecule has 1 heterocycles. The molecule has 6 atom stereocenters. The number of Topliss-reactive ketones (excluding diaryl/α,β-unsaturated/α-hetero) is 1. The third-order valence-electron chi connectivity index (χ3n) is 9.31. The highest BCUT2D eigenvalue weighted by Crippen LogP contribution is 2.64. The Labute approximate surface area is 227 Å². The van der Waals surface area contributed by atoms with Gasteiger partial charge in [-0.25, -0.2) is 0 Å². The minimum atomic E-state index is -2.03. The number of carbonyl (C=O) groups excluding carboxylic acids is 1. The summed E-state index contributed by atoms with van der Waals surface area (Å²) in [6.07, 6.45) is 9.21. The monoisotopic (exact) mass is 539 g/mol. The van der Waals surface area contributed by atoms with E-state index in [9.17, 15) is 10.1 Å². The molecule has 0 bridgehead atoms. The molecule has 2 saturated carbocycles. The predicted molar refractivity (Wildman–Crippen MR) is 149 cm³/mol. The van der Waals surface area contributed by atoms with Crippen molar-refractivity contribution in [2.24, 2.45) is 17.3 Å². The number of allylic oxidation sites excluding steroid dienone is 1. The van der Waals surface area contributed by atoms with Gasteiger partial charge in [-0.15, -0.1) is 11.8 Å². The molecule has 1 aromatic rings. The van der Waals surface area contributed by atoms with Gasteiger partial charge < -0.3 is 13.9 Å². The minimum Gasteiger partial charge on any atom is -0.411 e. The van der Waals surface area contributed by atoms with Gasteiger partial charge in [0.25, 0.3) is 0 Å². The molecule has 37 heavy (non-hydrogen) atoms. The fraction of sp³-hybridized carbons (Fsp3) is 0.667. The Hall–Kier alpha value is -1.43. The summed E-state index contributed by atoms with van der Waals surface area (Å²) < 4.78 is 19.1. The Balaban J connectivity index is 1.53. The maximum Gasteiger partial charge on any atom is 0.184 e. The molecule has 0 N–H and O–H groups in total. The van der Waals surface area contributed by atoms with Crippen molar-refractivity contribution in [3.05, 3.63) is 42.0 Å². The average molecular weight is 540 g/mol. The smallest absolute Gasteiger partial charge is 0.184 e. The van der Waals surface area contributed by atoms with Gasteiger partial charge >= 0.3 is 0 Å². The summed E-state index contributed by atoms with van der Waals surface area (Å²) in [5.41, 5.74) is -0.0526. The summed E-state index contributed by atoms with van der Waals surface area (Å²) in [6, 6.07) is 12.9. The summed E-state index contributed by atoms with van der Waals surface area (Å²) in [4.78, 5) is 15.6. The van der Waals surface area contributed by atoms with E-state index in [1.165, 1.54) is 5.57 Å². The van der Waals surface area contributed by atoms with Crippen LogP contribution < -0.4 is 0 Å². The first-order valence-electron chi connectivity index (χ1n) is 13.9. The molecule has 4 aliphatic rings. The zero-order valence-corrected chi connectivity index (χ0v) is 24.6. The number of ketones is 1. The van der Waals surface area contributed by atoms with Gasteiger partial charge in [-0.2, -0.15) is 5.26 Å². The van der Waals surface area contributed by atoms with E-state index in [4.69, 9.17) is 13.9 Å². The van der Waals surface area contributed by atoms with Crippen LogP contribution in [0.4, 0.5) is 0 Å². The van der Waals surface area contributed by atoms with E-state index in [-0.39, 0.29) is 28.1 Å². The molecule has 0 aromatic heterocycles. The van der Waals surface area contributed by atoms with Crippen LogP contribution in [-0.4, -0.2) is 44.0 Å². The Morgan fingerprint density at radius 3 is 2.73 bits per heavy atom. The van der Waals surface area contributed by atoms with Gasteiger partial charge in [0.1, 0.15) is 6.79 Å². The van der Waals surface area contributed by atoms with Gasteiger partial charge in [0.05, 0.1) is 35.0 Å². The highest BCUT2D eigenvalue weighted by atomic mass is 32.2. The van der Waals surface area contributed by atoms with E-state index >= 15 is 0 Å². The molecule has 3 aliphatic carbocycles. The predicted octanol–water partition coefficient (Wildman–Crippen LogP) is 6.90. The van der Waals surface area contributed by atoms with E-state index < -0.39 is 13.9 Å². The van der Waals surface area contributed by atoms with Crippen LogP contribution in [0.15, 0.2) is 46.9 Å². The zero-order chi connectivity index (χ0) is 26.3. The summed E-state index contributed by atoms with van der Waals surface area (Å²) >= 11 is 1.67. The Kier molecular flexibility index (Phi) is 7.54. The van der Waals surface area contributed by atoms with Gasteiger partial charge in [0.2, 0.25) is 0 Å². The topological polar surface area (TPSA) is 68.6 Å². The molecule has 0 amide bonds. The highest BCUT2D eigenvalue weighted by molar-refractivity contribution is 8.00. The van der Waals surface area contributed by atoms with Crippen LogP contribution in [-0.2, 0) is 18.7 Å². The first kappa shape index (κ1) is 27.1. The van der Waals surface area contributed by atoms with Crippen molar-refractivity contribution in [2.45, 2.75) is 99.3 Å². The molecule has 5 nitrogen and oxygen atoms in total. The summed E-state index contributed by atoms with van der Waals surface area (Å²) in [5, 5.41) is 10.1. The van der Waals surface area contributed by atoms with E-state index in [0.717, 1.165) is 49.8 Å². The van der Waals surface area contributed by atoms with E-state index in [1.807, 2.05) is 18.2 Å². The second kappa shape index (κ2) is 10.3. The SMILES string of the molecule is C[C@]12CC(Sc3ccccc3)C(=O)[C@@H](CC[C@]34CCCC=C3COCO4)[C@@]1(O[Si](C)(C)C)CC[C@@H]2C#N. The van der Waals surface area contributed by atoms with E-state index in [0.29, 0.717) is 25.6 Å². The first-order chi connectivity index (χ1) is 17.6. The molecule has 1 unspecified atom stereocenters. The number of thioether (sulfide) groups is 1. The second-order valence-electron chi connectivity index (χ2n) is 12.6. The number of rotatable bonds is 7. The molecule has 1 aromatic carbocycles. The minimum absolute atomic E-state index is 0.110. The number of nitriles is 1. The lowest BCUT2D eigenvalue weighted by atomic mass is 9.56. The molecule has 7 heteroatoms. The van der Waals surface area contributed by atoms with Gasteiger partial charge in [-0.05, 0) is 88.7 Å². The molecule has 3 fully saturated rings. The van der Waals surface area contributed by atoms with Gasteiger partial charge in [-0.1, -0.05) is 31.2 Å². The summed E-state index contributed by atoms with van der Waals surface area (Å²) in [7, 11) is -2.03. The van der Waals surface area contributed by atoms with Crippen LogP contribution in [0.2, 0.25) is 19.6 Å². The van der Waals surface area contributed by atoms with Crippen molar-refractivity contribution in [3.8, 4) is 6.07 Å². The maximum absolute atomic E-state index is 14.5. The molecule has 0 radical (unpaired) electrons. The lowest BCUT2D eigenvalue weighted by Gasteiger charge is -2.57. The van der Waals surface area contributed by atoms with Crippen LogP contribution in [0.1, 0.15) is 58.3 Å². The number of hydrogen-bond acceptors (Lipinski definition) is 6. The lowest BCUT2D eigenvalue weighted by molar-refractivity contribution is -0.176. The quantitative estimate of drug-likeness (QED) is 0.277. The third-order valence-corrected chi connectivity index (χ3v) is 11.5. The maximum atomic E-state index is 14.5. The standard InChI is InChI=1S/C30H41NO4SSi/c1-28-18-26(36-24-11-6-5-7-12-24)27(32)25(30(28,35-37(2,3)4)17-13-22(28)19-31)14-16-29-15-9-8-10-23(29)20-33-21-34-29/h5-7,10-12,22,25-26H,8-9,13-18,20-21H2,1-4H3/t22-,25-,26?,28-,29-,30+/m1/s1. The first-order valence-corrected chi connectivity index (χ1v) is 18.2. The molecular weight excluding hydrogens is 498 g/mol. The number of carbonyl (C=O) groups is 1. The van der Waals surface area contributed by atoms with Crippen molar-refractivity contribution < 1.29 is 18.7 Å². The normalized spacial score (nSPS) is 37.9. The van der Waals surface area contributed by atoms with Gasteiger partial charge in [-0.3, -0.25) is 4.79 Å². The largest absolute Gasteiger partial charge is 0.411 e. The average Bonchev–Trinajstić information content (AvgIpc) is 3.14. The second-order valence-corrected chi connectivity index (χ2v) is 18.3. The Bertz CT molecular complexity index is 1080. The van der Waals surface area contributed by atoms with Crippen LogP contribution >= 0.6 is 11.8 Å². The third kappa shape index (κ3) is 4.89. The van der Waals surface area contributed by atoms with Crippen molar-refractivity contribution in [3.63, 3.8) is 0 Å². The number of fused-ring (bicyclic) bond motifs is 2. The van der Waals surface area contributed by atoms with Crippen LogP contribution in [0, 0.1) is 28.6 Å². The molecule has 200 valence electrons.